The molecule has 3 heteroatoms. The van der Waals surface area contributed by atoms with Gasteiger partial charge >= 0.3 is 0 Å². The van der Waals surface area contributed by atoms with Crippen LogP contribution in [0.5, 0.6) is 5.75 Å². The van der Waals surface area contributed by atoms with Crippen LogP contribution in [0.4, 0.5) is 0 Å². The third kappa shape index (κ3) is 5.12. The van der Waals surface area contributed by atoms with Crippen molar-refractivity contribution in [3.8, 4) is 5.75 Å². The Morgan fingerprint density at radius 2 is 1.62 bits per heavy atom. The zero-order chi connectivity index (χ0) is 12.4. The summed E-state index contributed by atoms with van der Waals surface area (Å²) in [6.07, 6.45) is 0. The first-order valence-electron chi connectivity index (χ1n) is 5.79. The minimum Gasteiger partial charge on any atom is -0.432 e. The molecule has 1 rings (SSSR count). The summed E-state index contributed by atoms with van der Waals surface area (Å²) in [6.45, 7) is 9.87. The first kappa shape index (κ1) is 14.9. The Morgan fingerprint density at radius 1 is 1.12 bits per heavy atom. The molecule has 0 aliphatic carbocycles. The Morgan fingerprint density at radius 3 is 2.06 bits per heavy atom. The molecule has 0 atom stereocenters. The predicted octanol–water partition coefficient (Wildman–Crippen LogP) is 3.72. The van der Waals surface area contributed by atoms with Gasteiger partial charge in [0.1, 0.15) is 5.75 Å². The molecule has 0 aliphatic rings. The zero-order valence-corrected chi connectivity index (χ0v) is 11.4. The molecule has 0 spiro atoms. The van der Waals surface area contributed by atoms with Crippen molar-refractivity contribution in [1.29, 1.82) is 0 Å². The van der Waals surface area contributed by atoms with Crippen LogP contribution < -0.4 is 4.74 Å². The van der Waals surface area contributed by atoms with Crippen molar-refractivity contribution < 1.29 is 4.74 Å². The third-order valence-corrected chi connectivity index (χ3v) is 2.31. The van der Waals surface area contributed by atoms with Crippen molar-refractivity contribution in [3.05, 3.63) is 30.3 Å². The summed E-state index contributed by atoms with van der Waals surface area (Å²) in [6, 6.07) is 9.61. The lowest BCUT2D eigenvalue weighted by Gasteiger charge is -2.20. The largest absolute Gasteiger partial charge is 0.432 e. The van der Waals surface area contributed by atoms with Gasteiger partial charge in [0, 0.05) is 13.1 Å². The average Bonchev–Trinajstić information content (AvgIpc) is 2.34. The van der Waals surface area contributed by atoms with E-state index in [0.29, 0.717) is 5.17 Å². The van der Waals surface area contributed by atoms with E-state index in [4.69, 9.17) is 17.0 Å². The SMILES string of the molecule is CC.CCN(CC)C(=S)Oc1ccccc1. The summed E-state index contributed by atoms with van der Waals surface area (Å²) in [5.41, 5.74) is 0. The number of para-hydroxylation sites is 1. The maximum atomic E-state index is 5.52. The molecule has 0 saturated carbocycles. The van der Waals surface area contributed by atoms with E-state index in [1.54, 1.807) is 0 Å². The van der Waals surface area contributed by atoms with Gasteiger partial charge in [-0.05, 0) is 38.2 Å². The molecule has 0 N–H and O–H groups in total. The average molecular weight is 239 g/mol. The maximum Gasteiger partial charge on any atom is 0.264 e. The van der Waals surface area contributed by atoms with Crippen LogP contribution in [0.15, 0.2) is 30.3 Å². The summed E-state index contributed by atoms with van der Waals surface area (Å²) < 4.78 is 5.52. The number of benzene rings is 1. The smallest absolute Gasteiger partial charge is 0.264 e. The Labute approximate surface area is 104 Å². The van der Waals surface area contributed by atoms with Crippen molar-refractivity contribution in [2.24, 2.45) is 0 Å². The van der Waals surface area contributed by atoms with Crippen LogP contribution in [0, 0.1) is 0 Å². The molecule has 0 unspecified atom stereocenters. The molecular formula is C13H21NOS. The van der Waals surface area contributed by atoms with Crippen LogP contribution in [0.1, 0.15) is 27.7 Å². The topological polar surface area (TPSA) is 12.5 Å². The molecular weight excluding hydrogens is 218 g/mol. The van der Waals surface area contributed by atoms with Crippen molar-refractivity contribution in [1.82, 2.24) is 4.90 Å². The number of hydrogen-bond donors (Lipinski definition) is 0. The quantitative estimate of drug-likeness (QED) is 0.746. The fourth-order valence-electron chi connectivity index (χ4n) is 1.14. The van der Waals surface area contributed by atoms with Crippen LogP contribution in [0.25, 0.3) is 0 Å². The molecule has 1 aromatic rings. The highest BCUT2D eigenvalue weighted by Gasteiger charge is 2.06. The van der Waals surface area contributed by atoms with Gasteiger partial charge in [0.15, 0.2) is 0 Å². The van der Waals surface area contributed by atoms with Crippen LogP contribution in [-0.2, 0) is 0 Å². The highest BCUT2D eigenvalue weighted by molar-refractivity contribution is 7.80. The molecule has 1 aromatic carbocycles. The van der Waals surface area contributed by atoms with E-state index in [1.165, 1.54) is 0 Å². The van der Waals surface area contributed by atoms with Gasteiger partial charge in [0.05, 0.1) is 0 Å². The highest BCUT2D eigenvalue weighted by Crippen LogP contribution is 2.10. The maximum absolute atomic E-state index is 5.52. The second-order valence-corrected chi connectivity index (χ2v) is 3.20. The Bertz CT molecular complexity index is 283. The first-order valence-corrected chi connectivity index (χ1v) is 6.20. The minimum absolute atomic E-state index is 0.543. The summed E-state index contributed by atoms with van der Waals surface area (Å²) in [5.74, 6) is 0.796. The second kappa shape index (κ2) is 9.16. The van der Waals surface area contributed by atoms with Gasteiger partial charge in [-0.1, -0.05) is 32.0 Å². The first-order chi connectivity index (χ1) is 7.77. The van der Waals surface area contributed by atoms with E-state index in [1.807, 2.05) is 49.1 Å². The van der Waals surface area contributed by atoms with Gasteiger partial charge in [0.2, 0.25) is 0 Å². The number of rotatable bonds is 3. The number of ether oxygens (including phenoxy) is 1. The predicted molar refractivity (Wildman–Crippen MR) is 73.9 cm³/mol. The summed E-state index contributed by atoms with van der Waals surface area (Å²) in [5, 5.41) is 0.543. The van der Waals surface area contributed by atoms with E-state index < -0.39 is 0 Å². The summed E-state index contributed by atoms with van der Waals surface area (Å²) in [4.78, 5) is 2.00. The highest BCUT2D eigenvalue weighted by atomic mass is 32.1. The van der Waals surface area contributed by atoms with Crippen LogP contribution in [0.2, 0.25) is 0 Å². The van der Waals surface area contributed by atoms with Crippen molar-refractivity contribution in [2.75, 3.05) is 13.1 Å². The number of hydrogen-bond acceptors (Lipinski definition) is 2. The fraction of sp³-hybridized carbons (Fsp3) is 0.462. The zero-order valence-electron chi connectivity index (χ0n) is 10.6. The molecule has 0 bridgehead atoms. The van der Waals surface area contributed by atoms with Crippen LogP contribution in [-0.4, -0.2) is 23.2 Å². The number of nitrogens with zero attached hydrogens (tertiary/aromatic N) is 1. The van der Waals surface area contributed by atoms with E-state index in [2.05, 4.69) is 13.8 Å². The van der Waals surface area contributed by atoms with Crippen molar-refractivity contribution in [2.45, 2.75) is 27.7 Å². The van der Waals surface area contributed by atoms with E-state index in [9.17, 15) is 0 Å². The van der Waals surface area contributed by atoms with Crippen LogP contribution in [0.3, 0.4) is 0 Å². The summed E-state index contributed by atoms with van der Waals surface area (Å²) >= 11 is 5.16. The van der Waals surface area contributed by atoms with Gasteiger partial charge in [-0.3, -0.25) is 0 Å². The molecule has 0 aromatic heterocycles. The Hall–Kier alpha value is -1.09. The van der Waals surface area contributed by atoms with Gasteiger partial charge in [0.25, 0.3) is 5.17 Å². The van der Waals surface area contributed by atoms with Gasteiger partial charge in [-0.25, -0.2) is 0 Å². The Balaban J connectivity index is 0.00000106. The number of thiocarbonyl (C=S) groups is 1. The monoisotopic (exact) mass is 239 g/mol. The summed E-state index contributed by atoms with van der Waals surface area (Å²) in [7, 11) is 0. The van der Waals surface area contributed by atoms with E-state index >= 15 is 0 Å². The van der Waals surface area contributed by atoms with Gasteiger partial charge < -0.3 is 9.64 Å². The standard InChI is InChI=1S/C11H15NOS.C2H6/c1-3-12(4-2)11(14)13-10-8-6-5-7-9-10;1-2/h5-9H,3-4H2,1-2H3;1-2H3. The lowest BCUT2D eigenvalue weighted by molar-refractivity contribution is 0.379. The Kier molecular flexibility index (Phi) is 8.53. The minimum atomic E-state index is 0.543. The normalized spacial score (nSPS) is 8.75. The van der Waals surface area contributed by atoms with E-state index in [-0.39, 0.29) is 0 Å². The van der Waals surface area contributed by atoms with Gasteiger partial charge in [-0.2, -0.15) is 0 Å². The molecule has 2 nitrogen and oxygen atoms in total. The van der Waals surface area contributed by atoms with E-state index in [0.717, 1.165) is 18.8 Å². The molecule has 0 fully saturated rings. The third-order valence-electron chi connectivity index (χ3n) is 1.97. The fourth-order valence-corrected chi connectivity index (χ4v) is 1.49. The molecule has 0 aliphatic heterocycles. The van der Waals surface area contributed by atoms with Crippen molar-refractivity contribution >= 4 is 17.4 Å². The van der Waals surface area contributed by atoms with Crippen LogP contribution >= 0.6 is 12.2 Å². The van der Waals surface area contributed by atoms with Crippen molar-refractivity contribution in [3.63, 3.8) is 0 Å². The second-order valence-electron chi connectivity index (χ2n) is 2.85. The lowest BCUT2D eigenvalue weighted by atomic mass is 10.3. The molecule has 0 saturated heterocycles. The molecule has 0 heterocycles. The molecule has 0 amide bonds. The van der Waals surface area contributed by atoms with Gasteiger partial charge in [-0.15, -0.1) is 0 Å². The lowest BCUT2D eigenvalue weighted by Crippen LogP contribution is -2.32. The molecule has 90 valence electrons. The molecule has 16 heavy (non-hydrogen) atoms. The molecule has 0 radical (unpaired) electrons.